The van der Waals surface area contributed by atoms with Crippen molar-refractivity contribution in [2.45, 2.75) is 49.1 Å². The molecule has 202 valence electrons. The zero-order valence-electron chi connectivity index (χ0n) is 21.1. The van der Waals surface area contributed by atoms with Crippen molar-refractivity contribution in [2.75, 3.05) is 11.4 Å². The summed E-state index contributed by atoms with van der Waals surface area (Å²) in [6, 6.07) is 18.1. The van der Waals surface area contributed by atoms with E-state index in [1.54, 1.807) is 36.4 Å². The predicted octanol–water partition coefficient (Wildman–Crippen LogP) is 4.19. The Kier molecular flexibility index (Phi) is 7.47. The maximum atomic E-state index is 14.0. The minimum Gasteiger partial charge on any atom is -0.351 e. The standard InChI is InChI=1S/C29H28FN3O5S/c30-21-17-15-20(16-18-21)27(28(35)31-22-9-3-1-4-10-22)33(23-11-5-2-6-12-23)26(34)19-32-29(36)24-13-7-8-14-25(24)39(32,37)38/h2,5-8,11-18,22,27H,1,3-4,9-10,19H2,(H,31,35). The summed E-state index contributed by atoms with van der Waals surface area (Å²) in [5, 5.41) is 3.04. The molecule has 1 saturated carbocycles. The molecule has 2 aliphatic rings. The van der Waals surface area contributed by atoms with Crippen LogP contribution in [0.15, 0.2) is 83.8 Å². The van der Waals surface area contributed by atoms with Gasteiger partial charge in [0.2, 0.25) is 11.8 Å². The van der Waals surface area contributed by atoms with E-state index in [1.165, 1.54) is 47.4 Å². The molecule has 0 saturated heterocycles. The van der Waals surface area contributed by atoms with Crippen molar-refractivity contribution in [1.29, 1.82) is 0 Å². The van der Waals surface area contributed by atoms with Gasteiger partial charge in [-0.1, -0.05) is 61.7 Å². The van der Waals surface area contributed by atoms with E-state index in [0.29, 0.717) is 15.6 Å². The van der Waals surface area contributed by atoms with Crippen LogP contribution in [0.4, 0.5) is 10.1 Å². The summed E-state index contributed by atoms with van der Waals surface area (Å²) in [6.45, 7) is -0.806. The first-order valence-corrected chi connectivity index (χ1v) is 14.3. The lowest BCUT2D eigenvalue weighted by molar-refractivity contribution is -0.127. The van der Waals surface area contributed by atoms with Gasteiger partial charge in [0.25, 0.3) is 15.9 Å². The molecule has 3 amide bonds. The molecule has 1 aliphatic carbocycles. The second kappa shape index (κ2) is 11.0. The highest BCUT2D eigenvalue weighted by Gasteiger charge is 2.44. The Hall–Kier alpha value is -4.05. The smallest absolute Gasteiger partial charge is 0.269 e. The van der Waals surface area contributed by atoms with E-state index >= 15 is 0 Å². The van der Waals surface area contributed by atoms with Crippen molar-refractivity contribution < 1.29 is 27.2 Å². The number of rotatable bonds is 7. The molecule has 8 nitrogen and oxygen atoms in total. The van der Waals surface area contributed by atoms with Crippen molar-refractivity contribution in [3.63, 3.8) is 0 Å². The third-order valence-corrected chi connectivity index (χ3v) is 8.92. The summed E-state index contributed by atoms with van der Waals surface area (Å²) in [5.41, 5.74) is 0.666. The van der Waals surface area contributed by atoms with Gasteiger partial charge in [-0.2, -0.15) is 0 Å². The van der Waals surface area contributed by atoms with Crippen LogP contribution in [0.5, 0.6) is 0 Å². The van der Waals surface area contributed by atoms with Crippen molar-refractivity contribution in [3.05, 3.63) is 95.8 Å². The van der Waals surface area contributed by atoms with Crippen LogP contribution in [0.25, 0.3) is 0 Å². The first-order valence-electron chi connectivity index (χ1n) is 12.9. The Morgan fingerprint density at radius 2 is 1.56 bits per heavy atom. The molecule has 1 atom stereocenters. The molecule has 39 heavy (non-hydrogen) atoms. The zero-order chi connectivity index (χ0) is 27.6. The number of carbonyl (C=O) groups is 3. The highest BCUT2D eigenvalue weighted by atomic mass is 32.2. The van der Waals surface area contributed by atoms with E-state index < -0.39 is 46.1 Å². The van der Waals surface area contributed by atoms with E-state index in [4.69, 9.17) is 0 Å². The van der Waals surface area contributed by atoms with Gasteiger partial charge in [-0.3, -0.25) is 19.3 Å². The molecule has 3 aromatic rings. The van der Waals surface area contributed by atoms with Gasteiger partial charge in [0.15, 0.2) is 0 Å². The van der Waals surface area contributed by atoms with Crippen LogP contribution < -0.4 is 10.2 Å². The lowest BCUT2D eigenvalue weighted by Gasteiger charge is -2.34. The van der Waals surface area contributed by atoms with E-state index in [0.717, 1.165) is 32.1 Å². The monoisotopic (exact) mass is 549 g/mol. The van der Waals surface area contributed by atoms with Crippen LogP contribution in [0.2, 0.25) is 0 Å². The van der Waals surface area contributed by atoms with Gasteiger partial charge in [0, 0.05) is 11.7 Å². The molecule has 1 heterocycles. The molecule has 10 heteroatoms. The van der Waals surface area contributed by atoms with E-state index in [9.17, 15) is 27.2 Å². The summed E-state index contributed by atoms with van der Waals surface area (Å²) >= 11 is 0. The number of anilines is 1. The van der Waals surface area contributed by atoms with Gasteiger partial charge >= 0.3 is 0 Å². The Morgan fingerprint density at radius 1 is 0.923 bits per heavy atom. The SMILES string of the molecule is O=C(NC1CCCCC1)C(c1ccc(F)cc1)N(C(=O)CN1C(=O)c2ccccc2S1(=O)=O)c1ccccc1. The van der Waals surface area contributed by atoms with Gasteiger partial charge in [0.1, 0.15) is 23.3 Å². The molecule has 1 fully saturated rings. The fourth-order valence-corrected chi connectivity index (χ4v) is 6.72. The number of sulfonamides is 1. The summed E-state index contributed by atoms with van der Waals surface area (Å²) in [4.78, 5) is 41.9. The molecule has 0 aromatic heterocycles. The number of halogens is 1. The quantitative estimate of drug-likeness (QED) is 0.476. The summed E-state index contributed by atoms with van der Waals surface area (Å²) in [6.07, 6.45) is 4.65. The summed E-state index contributed by atoms with van der Waals surface area (Å²) < 4.78 is 40.7. The fraction of sp³-hybridized carbons (Fsp3) is 0.276. The molecule has 1 unspecified atom stereocenters. The van der Waals surface area contributed by atoms with Crippen LogP contribution in [-0.4, -0.2) is 43.0 Å². The second-order valence-electron chi connectivity index (χ2n) is 9.71. The molecule has 0 radical (unpaired) electrons. The molecule has 0 spiro atoms. The number of nitrogens with one attached hydrogen (secondary N) is 1. The minimum atomic E-state index is -4.26. The number of para-hydroxylation sites is 1. The predicted molar refractivity (Wildman–Crippen MR) is 143 cm³/mol. The van der Waals surface area contributed by atoms with Gasteiger partial charge in [-0.15, -0.1) is 0 Å². The van der Waals surface area contributed by atoms with Gasteiger partial charge in [-0.25, -0.2) is 17.1 Å². The first kappa shape index (κ1) is 26.6. The summed E-state index contributed by atoms with van der Waals surface area (Å²) in [5.74, 6) is -2.56. The summed E-state index contributed by atoms with van der Waals surface area (Å²) in [7, 11) is -4.26. The third kappa shape index (κ3) is 5.29. The number of nitrogens with zero attached hydrogens (tertiary/aromatic N) is 2. The maximum Gasteiger partial charge on any atom is 0.269 e. The maximum absolute atomic E-state index is 14.0. The van der Waals surface area contributed by atoms with Crippen molar-refractivity contribution in [2.24, 2.45) is 0 Å². The van der Waals surface area contributed by atoms with E-state index in [2.05, 4.69) is 5.32 Å². The molecule has 1 aliphatic heterocycles. The molecule has 3 aromatic carbocycles. The highest BCUT2D eigenvalue weighted by Crippen LogP contribution is 2.33. The van der Waals surface area contributed by atoms with E-state index in [-0.39, 0.29) is 16.5 Å². The lowest BCUT2D eigenvalue weighted by atomic mass is 9.94. The van der Waals surface area contributed by atoms with Gasteiger partial charge < -0.3 is 5.32 Å². The normalized spacial score (nSPS) is 17.4. The minimum absolute atomic E-state index is 0.0123. The Bertz CT molecular complexity index is 1490. The molecule has 1 N–H and O–H groups in total. The topological polar surface area (TPSA) is 104 Å². The van der Waals surface area contributed by atoms with Gasteiger partial charge in [-0.05, 0) is 54.8 Å². The van der Waals surface area contributed by atoms with Crippen LogP contribution >= 0.6 is 0 Å². The Labute approximate surface area is 226 Å². The van der Waals surface area contributed by atoms with E-state index in [1.807, 2.05) is 0 Å². The Morgan fingerprint density at radius 3 is 2.23 bits per heavy atom. The largest absolute Gasteiger partial charge is 0.351 e. The van der Waals surface area contributed by atoms with Crippen LogP contribution in [0, 0.1) is 5.82 Å². The first-order chi connectivity index (χ1) is 18.8. The number of fused-ring (bicyclic) bond motifs is 1. The van der Waals surface area contributed by atoms with Crippen molar-refractivity contribution >= 4 is 33.4 Å². The third-order valence-electron chi connectivity index (χ3n) is 7.14. The number of carbonyl (C=O) groups excluding carboxylic acids is 3. The molecular weight excluding hydrogens is 521 g/mol. The molecule has 0 bridgehead atoms. The zero-order valence-corrected chi connectivity index (χ0v) is 21.9. The second-order valence-corrected chi connectivity index (χ2v) is 11.5. The van der Waals surface area contributed by atoms with Crippen LogP contribution in [0.1, 0.15) is 54.1 Å². The average Bonchev–Trinajstić information content (AvgIpc) is 3.13. The highest BCUT2D eigenvalue weighted by molar-refractivity contribution is 7.90. The average molecular weight is 550 g/mol. The number of hydrogen-bond acceptors (Lipinski definition) is 5. The van der Waals surface area contributed by atoms with Crippen LogP contribution in [0.3, 0.4) is 0 Å². The van der Waals surface area contributed by atoms with Crippen LogP contribution in [-0.2, 0) is 19.6 Å². The number of benzene rings is 3. The van der Waals surface area contributed by atoms with Crippen molar-refractivity contribution in [1.82, 2.24) is 9.62 Å². The molecular formula is C29H28FN3O5S. The fourth-order valence-electron chi connectivity index (χ4n) is 5.20. The molecule has 5 rings (SSSR count). The van der Waals surface area contributed by atoms with Crippen molar-refractivity contribution in [3.8, 4) is 0 Å². The number of amides is 3. The van der Waals surface area contributed by atoms with Gasteiger partial charge in [0.05, 0.1) is 5.56 Å². The Balaban J connectivity index is 1.54. The lowest BCUT2D eigenvalue weighted by Crippen LogP contribution is -2.50. The number of hydrogen-bond donors (Lipinski definition) is 1.